The molecule has 3 N–H and O–H groups in total. The largest absolute Gasteiger partial charge is 0.348 e. The lowest BCUT2D eigenvalue weighted by Gasteiger charge is -2.29. The highest BCUT2D eigenvalue weighted by molar-refractivity contribution is 6.22. The van der Waals surface area contributed by atoms with Crippen molar-refractivity contribution >= 4 is 17.7 Å². The summed E-state index contributed by atoms with van der Waals surface area (Å²) in [5.74, 6) is -1.16. The Bertz CT molecular complexity index is 600. The van der Waals surface area contributed by atoms with Gasteiger partial charge in [0.2, 0.25) is 5.91 Å². The second-order valence-electron chi connectivity index (χ2n) is 5.98. The van der Waals surface area contributed by atoms with Crippen molar-refractivity contribution in [3.63, 3.8) is 0 Å². The zero-order valence-electron chi connectivity index (χ0n) is 12.3. The molecule has 0 atom stereocenters. The van der Waals surface area contributed by atoms with E-state index >= 15 is 0 Å². The Labute approximate surface area is 128 Å². The average Bonchev–Trinajstić information content (AvgIpc) is 3.08. The first-order valence-corrected chi connectivity index (χ1v) is 7.53. The van der Waals surface area contributed by atoms with Crippen molar-refractivity contribution in [2.75, 3.05) is 13.1 Å². The van der Waals surface area contributed by atoms with Gasteiger partial charge in [0, 0.05) is 6.54 Å². The molecule has 1 aliphatic heterocycles. The summed E-state index contributed by atoms with van der Waals surface area (Å²) in [5.41, 5.74) is 6.12. The van der Waals surface area contributed by atoms with Gasteiger partial charge >= 0.3 is 0 Å². The van der Waals surface area contributed by atoms with Crippen LogP contribution < -0.4 is 11.1 Å². The van der Waals surface area contributed by atoms with E-state index in [1.807, 2.05) is 0 Å². The first-order valence-electron chi connectivity index (χ1n) is 7.53. The molecule has 1 fully saturated rings. The highest BCUT2D eigenvalue weighted by atomic mass is 16.2. The molecule has 0 aromatic heterocycles. The third-order valence-corrected chi connectivity index (χ3v) is 4.54. The summed E-state index contributed by atoms with van der Waals surface area (Å²) in [7, 11) is 0. The Morgan fingerprint density at radius 1 is 1.14 bits per heavy atom. The maximum absolute atomic E-state index is 12.2. The van der Waals surface area contributed by atoms with Gasteiger partial charge in [-0.3, -0.25) is 19.3 Å². The maximum Gasteiger partial charge on any atom is 0.262 e. The number of imide groups is 1. The molecule has 1 aromatic rings. The van der Waals surface area contributed by atoms with Crippen LogP contribution in [0.5, 0.6) is 0 Å². The maximum atomic E-state index is 12.2. The second kappa shape index (κ2) is 5.53. The molecule has 6 heteroatoms. The van der Waals surface area contributed by atoms with E-state index < -0.39 is 11.8 Å². The van der Waals surface area contributed by atoms with E-state index in [2.05, 4.69) is 5.32 Å². The number of carbonyl (C=O) groups is 3. The molecule has 2 aliphatic rings. The predicted molar refractivity (Wildman–Crippen MR) is 80.2 cm³/mol. The number of nitrogens with two attached hydrogens (primary N) is 1. The Hall–Kier alpha value is -2.21. The molecule has 1 aliphatic carbocycles. The monoisotopic (exact) mass is 301 g/mol. The fraction of sp³-hybridized carbons (Fsp3) is 0.438. The van der Waals surface area contributed by atoms with E-state index in [9.17, 15) is 14.4 Å². The van der Waals surface area contributed by atoms with Crippen molar-refractivity contribution in [2.24, 2.45) is 5.73 Å². The van der Waals surface area contributed by atoms with Crippen LogP contribution >= 0.6 is 0 Å². The van der Waals surface area contributed by atoms with Gasteiger partial charge in [0.25, 0.3) is 11.8 Å². The van der Waals surface area contributed by atoms with E-state index in [-0.39, 0.29) is 18.0 Å². The fourth-order valence-corrected chi connectivity index (χ4v) is 3.29. The number of fused-ring (bicyclic) bond motifs is 1. The molecule has 0 spiro atoms. The molecule has 0 radical (unpaired) electrons. The number of nitrogens with one attached hydrogen (secondary N) is 1. The molecular formula is C16H19N3O3. The number of benzene rings is 1. The Morgan fingerprint density at radius 3 is 2.18 bits per heavy atom. The quantitative estimate of drug-likeness (QED) is 0.799. The van der Waals surface area contributed by atoms with E-state index in [0.717, 1.165) is 30.6 Å². The Morgan fingerprint density at radius 2 is 1.68 bits per heavy atom. The van der Waals surface area contributed by atoms with Crippen LogP contribution in [0.25, 0.3) is 0 Å². The SMILES string of the molecule is NCC1(NC(=O)CN2C(=O)c3ccccc3C2=O)CCCC1. The molecule has 0 bridgehead atoms. The van der Waals surface area contributed by atoms with Gasteiger partial charge in [-0.1, -0.05) is 25.0 Å². The molecule has 3 amide bonds. The molecule has 1 saturated carbocycles. The van der Waals surface area contributed by atoms with Gasteiger partial charge in [-0.25, -0.2) is 0 Å². The topological polar surface area (TPSA) is 92.5 Å². The molecule has 0 unspecified atom stereocenters. The van der Waals surface area contributed by atoms with Gasteiger partial charge in [-0.05, 0) is 25.0 Å². The smallest absolute Gasteiger partial charge is 0.262 e. The average molecular weight is 301 g/mol. The van der Waals surface area contributed by atoms with Crippen molar-refractivity contribution in [3.8, 4) is 0 Å². The molecule has 116 valence electrons. The van der Waals surface area contributed by atoms with Crippen LogP contribution in [-0.2, 0) is 4.79 Å². The van der Waals surface area contributed by atoms with E-state index in [1.54, 1.807) is 24.3 Å². The van der Waals surface area contributed by atoms with Crippen molar-refractivity contribution in [3.05, 3.63) is 35.4 Å². The normalized spacial score (nSPS) is 19.4. The van der Waals surface area contributed by atoms with E-state index in [0.29, 0.717) is 17.7 Å². The zero-order chi connectivity index (χ0) is 15.7. The highest BCUT2D eigenvalue weighted by Crippen LogP contribution is 2.29. The van der Waals surface area contributed by atoms with Crippen molar-refractivity contribution in [2.45, 2.75) is 31.2 Å². The number of carbonyl (C=O) groups excluding carboxylic acids is 3. The highest BCUT2D eigenvalue weighted by Gasteiger charge is 2.38. The lowest BCUT2D eigenvalue weighted by molar-refractivity contribution is -0.123. The summed E-state index contributed by atoms with van der Waals surface area (Å²) in [4.78, 5) is 37.7. The zero-order valence-corrected chi connectivity index (χ0v) is 12.3. The number of hydrogen-bond acceptors (Lipinski definition) is 4. The van der Waals surface area contributed by atoms with Crippen LogP contribution in [0.3, 0.4) is 0 Å². The minimum Gasteiger partial charge on any atom is -0.348 e. The van der Waals surface area contributed by atoms with Crippen molar-refractivity contribution in [1.82, 2.24) is 10.2 Å². The van der Waals surface area contributed by atoms with Gasteiger partial charge in [-0.2, -0.15) is 0 Å². The van der Waals surface area contributed by atoms with Gasteiger partial charge in [-0.15, -0.1) is 0 Å². The lowest BCUT2D eigenvalue weighted by Crippen LogP contribution is -2.54. The minimum atomic E-state index is -0.413. The third-order valence-electron chi connectivity index (χ3n) is 4.54. The number of rotatable bonds is 4. The Balaban J connectivity index is 1.70. The van der Waals surface area contributed by atoms with Crippen LogP contribution in [0.4, 0.5) is 0 Å². The van der Waals surface area contributed by atoms with Crippen LogP contribution in [-0.4, -0.2) is 41.2 Å². The predicted octanol–water partition coefficient (Wildman–Crippen LogP) is 0.670. The summed E-state index contributed by atoms with van der Waals surface area (Å²) in [5, 5.41) is 2.93. The molecule has 1 aromatic carbocycles. The first kappa shape index (κ1) is 14.7. The van der Waals surface area contributed by atoms with Crippen LogP contribution in [0.15, 0.2) is 24.3 Å². The van der Waals surface area contributed by atoms with Gasteiger partial charge in [0.05, 0.1) is 16.7 Å². The van der Waals surface area contributed by atoms with Gasteiger partial charge in [0.15, 0.2) is 0 Å². The number of hydrogen-bond donors (Lipinski definition) is 2. The fourth-order valence-electron chi connectivity index (χ4n) is 3.29. The van der Waals surface area contributed by atoms with E-state index in [4.69, 9.17) is 5.73 Å². The summed E-state index contributed by atoms with van der Waals surface area (Å²) in [6, 6.07) is 6.61. The van der Waals surface area contributed by atoms with Gasteiger partial charge in [0.1, 0.15) is 6.54 Å². The first-order chi connectivity index (χ1) is 10.6. The second-order valence-corrected chi connectivity index (χ2v) is 5.98. The Kier molecular flexibility index (Phi) is 3.70. The molecule has 22 heavy (non-hydrogen) atoms. The minimum absolute atomic E-state index is 0.256. The van der Waals surface area contributed by atoms with Crippen LogP contribution in [0, 0.1) is 0 Å². The summed E-state index contributed by atoms with van der Waals surface area (Å²) < 4.78 is 0. The number of nitrogens with zero attached hydrogens (tertiary/aromatic N) is 1. The summed E-state index contributed by atoms with van der Waals surface area (Å²) >= 11 is 0. The van der Waals surface area contributed by atoms with Crippen molar-refractivity contribution in [1.29, 1.82) is 0 Å². The summed E-state index contributed by atoms with van der Waals surface area (Å²) in [6.45, 7) is 0.120. The molecular weight excluding hydrogens is 282 g/mol. The van der Waals surface area contributed by atoms with Crippen LogP contribution in [0.2, 0.25) is 0 Å². The van der Waals surface area contributed by atoms with Crippen LogP contribution in [0.1, 0.15) is 46.4 Å². The molecule has 3 rings (SSSR count). The summed E-state index contributed by atoms with van der Waals surface area (Å²) in [6.07, 6.45) is 3.75. The number of amides is 3. The van der Waals surface area contributed by atoms with E-state index in [1.165, 1.54) is 0 Å². The van der Waals surface area contributed by atoms with Gasteiger partial charge < -0.3 is 11.1 Å². The van der Waals surface area contributed by atoms with Crippen molar-refractivity contribution < 1.29 is 14.4 Å². The third kappa shape index (κ3) is 2.39. The lowest BCUT2D eigenvalue weighted by atomic mass is 9.98. The standard InChI is InChI=1S/C16H19N3O3/c17-10-16(7-3-4-8-16)18-13(20)9-19-14(21)11-5-1-2-6-12(11)15(19)22/h1-2,5-6H,3-4,7-10,17H2,(H,18,20). The molecule has 6 nitrogen and oxygen atoms in total. The molecule has 1 heterocycles. The molecule has 0 saturated heterocycles.